The number of para-hydroxylation sites is 1. The van der Waals surface area contributed by atoms with Gasteiger partial charge in [-0.3, -0.25) is 9.69 Å². The van der Waals surface area contributed by atoms with Gasteiger partial charge in [0.25, 0.3) is 0 Å². The minimum atomic E-state index is -0.125. The van der Waals surface area contributed by atoms with Crippen LogP contribution >= 0.6 is 0 Å². The predicted molar refractivity (Wildman–Crippen MR) is 130 cm³/mol. The first kappa shape index (κ1) is 21.6. The van der Waals surface area contributed by atoms with Crippen molar-refractivity contribution < 1.29 is 9.59 Å². The van der Waals surface area contributed by atoms with E-state index in [1.165, 1.54) is 5.56 Å². The topological polar surface area (TPSA) is 61.4 Å². The second-order valence-corrected chi connectivity index (χ2v) is 8.34. The molecule has 3 amide bonds. The van der Waals surface area contributed by atoms with Crippen molar-refractivity contribution in [1.29, 1.82) is 0 Å². The summed E-state index contributed by atoms with van der Waals surface area (Å²) in [5.41, 5.74) is 6.88. The molecule has 3 aromatic rings. The summed E-state index contributed by atoms with van der Waals surface area (Å²) in [6.45, 7) is 4.74. The van der Waals surface area contributed by atoms with Crippen molar-refractivity contribution in [3.63, 3.8) is 0 Å². The number of nitrogens with one attached hydrogen (secondary N) is 2. The Kier molecular flexibility index (Phi) is 6.55. The Morgan fingerprint density at radius 1 is 0.875 bits per heavy atom. The lowest BCUT2D eigenvalue weighted by atomic mass is 10.1. The van der Waals surface area contributed by atoms with E-state index >= 15 is 0 Å². The molecule has 1 aliphatic rings. The number of carbonyl (C=O) groups excluding carboxylic acids is 2. The van der Waals surface area contributed by atoms with Crippen LogP contribution in [0.15, 0.2) is 66.7 Å². The molecule has 4 rings (SSSR count). The van der Waals surface area contributed by atoms with Crippen molar-refractivity contribution in [3.8, 4) is 0 Å². The van der Waals surface area contributed by atoms with Crippen molar-refractivity contribution in [1.82, 2.24) is 0 Å². The molecule has 32 heavy (non-hydrogen) atoms. The number of rotatable bonds is 4. The van der Waals surface area contributed by atoms with E-state index in [9.17, 15) is 9.59 Å². The van der Waals surface area contributed by atoms with E-state index < -0.39 is 0 Å². The lowest BCUT2D eigenvalue weighted by molar-refractivity contribution is -0.115. The van der Waals surface area contributed by atoms with Crippen LogP contribution in [0.1, 0.15) is 35.1 Å². The molecular formula is C27H29N3O2. The van der Waals surface area contributed by atoms with E-state index in [-0.39, 0.29) is 18.4 Å². The Labute approximate surface area is 189 Å². The SMILES string of the molecule is Cc1cccc(NC(=O)Cc2ccc(NC(=O)N3CCCCc4ccccc43)cc2)c1C. The number of aryl methyl sites for hydroxylation is 2. The van der Waals surface area contributed by atoms with Crippen molar-refractivity contribution in [3.05, 3.63) is 89.0 Å². The maximum Gasteiger partial charge on any atom is 0.326 e. The number of fused-ring (bicyclic) bond motifs is 1. The van der Waals surface area contributed by atoms with Gasteiger partial charge in [-0.1, -0.05) is 42.5 Å². The van der Waals surface area contributed by atoms with Crippen LogP contribution in [0, 0.1) is 13.8 Å². The van der Waals surface area contributed by atoms with E-state index in [0.29, 0.717) is 6.54 Å². The molecule has 164 valence electrons. The molecule has 0 radical (unpaired) electrons. The normalized spacial score (nSPS) is 13.1. The van der Waals surface area contributed by atoms with Gasteiger partial charge >= 0.3 is 6.03 Å². The van der Waals surface area contributed by atoms with Crippen LogP contribution in [0.5, 0.6) is 0 Å². The number of nitrogens with zero attached hydrogens (tertiary/aromatic N) is 1. The molecule has 2 N–H and O–H groups in total. The summed E-state index contributed by atoms with van der Waals surface area (Å²) in [7, 11) is 0. The van der Waals surface area contributed by atoms with Crippen LogP contribution < -0.4 is 15.5 Å². The van der Waals surface area contributed by atoms with Crippen molar-refractivity contribution in [2.45, 2.75) is 39.5 Å². The second-order valence-electron chi connectivity index (χ2n) is 8.34. The van der Waals surface area contributed by atoms with Crippen LogP contribution in [0.25, 0.3) is 0 Å². The Hall–Kier alpha value is -3.60. The molecule has 0 atom stereocenters. The highest BCUT2D eigenvalue weighted by Crippen LogP contribution is 2.27. The largest absolute Gasteiger partial charge is 0.326 e. The second kappa shape index (κ2) is 9.69. The minimum Gasteiger partial charge on any atom is -0.326 e. The molecule has 1 heterocycles. The van der Waals surface area contributed by atoms with Gasteiger partial charge < -0.3 is 10.6 Å². The maximum atomic E-state index is 13.0. The Morgan fingerprint density at radius 2 is 1.66 bits per heavy atom. The van der Waals surface area contributed by atoms with Gasteiger partial charge in [0.15, 0.2) is 0 Å². The van der Waals surface area contributed by atoms with Crippen LogP contribution in [0.2, 0.25) is 0 Å². The summed E-state index contributed by atoms with van der Waals surface area (Å²) in [6, 6.07) is 21.3. The number of urea groups is 1. The van der Waals surface area contributed by atoms with Gasteiger partial charge in [-0.25, -0.2) is 4.79 Å². The van der Waals surface area contributed by atoms with Crippen LogP contribution in [-0.2, 0) is 17.6 Å². The monoisotopic (exact) mass is 427 g/mol. The van der Waals surface area contributed by atoms with E-state index in [2.05, 4.69) is 16.7 Å². The first-order chi connectivity index (χ1) is 15.5. The first-order valence-electron chi connectivity index (χ1n) is 11.1. The van der Waals surface area contributed by atoms with Crippen molar-refractivity contribution in [2.24, 2.45) is 0 Å². The molecule has 0 spiro atoms. The molecule has 0 unspecified atom stereocenters. The molecule has 0 bridgehead atoms. The number of amides is 3. The minimum absolute atomic E-state index is 0.0586. The fourth-order valence-electron chi connectivity index (χ4n) is 4.07. The van der Waals surface area contributed by atoms with Gasteiger partial charge in [0.05, 0.1) is 6.42 Å². The molecule has 3 aromatic carbocycles. The zero-order chi connectivity index (χ0) is 22.5. The lowest BCUT2D eigenvalue weighted by Crippen LogP contribution is -2.35. The molecule has 5 heteroatoms. The molecule has 1 aliphatic heterocycles. The number of hydrogen-bond acceptors (Lipinski definition) is 2. The fourth-order valence-corrected chi connectivity index (χ4v) is 4.07. The van der Waals surface area contributed by atoms with Gasteiger partial charge in [0.2, 0.25) is 5.91 Å². The standard InChI is InChI=1S/C27H29N3O2/c1-19-8-7-11-24(20(19)2)29-26(31)18-21-13-15-23(16-14-21)28-27(32)30-17-6-5-10-22-9-3-4-12-25(22)30/h3-4,7-9,11-16H,5-6,10,17-18H2,1-2H3,(H,28,32)(H,29,31). The van der Waals surface area contributed by atoms with Gasteiger partial charge in [-0.15, -0.1) is 0 Å². The Bertz CT molecular complexity index is 1120. The quantitative estimate of drug-likeness (QED) is 0.548. The third kappa shape index (κ3) is 4.99. The predicted octanol–water partition coefficient (Wildman–Crippen LogP) is 5.86. The van der Waals surface area contributed by atoms with Crippen LogP contribution in [0.3, 0.4) is 0 Å². The highest BCUT2D eigenvalue weighted by molar-refractivity contribution is 6.02. The summed E-state index contributed by atoms with van der Waals surface area (Å²) >= 11 is 0. The first-order valence-corrected chi connectivity index (χ1v) is 11.1. The number of carbonyl (C=O) groups is 2. The highest BCUT2D eigenvalue weighted by atomic mass is 16.2. The van der Waals surface area contributed by atoms with Gasteiger partial charge in [0.1, 0.15) is 0 Å². The summed E-state index contributed by atoms with van der Waals surface area (Å²) in [4.78, 5) is 27.3. The zero-order valence-electron chi connectivity index (χ0n) is 18.7. The van der Waals surface area contributed by atoms with E-state index in [1.807, 2.05) is 79.4 Å². The average molecular weight is 428 g/mol. The lowest BCUT2D eigenvalue weighted by Gasteiger charge is -2.23. The van der Waals surface area contributed by atoms with Gasteiger partial charge in [0, 0.05) is 23.6 Å². The Morgan fingerprint density at radius 3 is 2.47 bits per heavy atom. The molecule has 0 saturated carbocycles. The molecule has 0 saturated heterocycles. The fraction of sp³-hybridized carbons (Fsp3) is 0.259. The molecular weight excluding hydrogens is 398 g/mol. The summed E-state index contributed by atoms with van der Waals surface area (Å²) < 4.78 is 0. The third-order valence-corrected chi connectivity index (χ3v) is 6.05. The maximum absolute atomic E-state index is 13.0. The summed E-state index contributed by atoms with van der Waals surface area (Å²) in [5, 5.41) is 5.99. The number of benzene rings is 3. The molecule has 5 nitrogen and oxygen atoms in total. The third-order valence-electron chi connectivity index (χ3n) is 6.05. The molecule has 0 fully saturated rings. The average Bonchev–Trinajstić information content (AvgIpc) is 3.01. The molecule has 0 aliphatic carbocycles. The van der Waals surface area contributed by atoms with Gasteiger partial charge in [-0.2, -0.15) is 0 Å². The van der Waals surface area contributed by atoms with E-state index in [1.54, 1.807) is 0 Å². The molecule has 0 aromatic heterocycles. The van der Waals surface area contributed by atoms with Crippen molar-refractivity contribution >= 4 is 29.0 Å². The summed E-state index contributed by atoms with van der Waals surface area (Å²) in [6.07, 6.45) is 3.34. The van der Waals surface area contributed by atoms with Gasteiger partial charge in [-0.05, 0) is 79.6 Å². The van der Waals surface area contributed by atoms with Crippen molar-refractivity contribution in [2.75, 3.05) is 22.1 Å². The van der Waals surface area contributed by atoms with E-state index in [0.717, 1.165) is 53.0 Å². The zero-order valence-corrected chi connectivity index (χ0v) is 18.7. The highest BCUT2D eigenvalue weighted by Gasteiger charge is 2.20. The van der Waals surface area contributed by atoms with Crippen LogP contribution in [0.4, 0.5) is 21.9 Å². The number of anilines is 3. The van der Waals surface area contributed by atoms with Crippen LogP contribution in [-0.4, -0.2) is 18.5 Å². The van der Waals surface area contributed by atoms with E-state index in [4.69, 9.17) is 0 Å². The summed E-state index contributed by atoms with van der Waals surface area (Å²) in [5.74, 6) is -0.0586. The number of hydrogen-bond donors (Lipinski definition) is 2. The Balaban J connectivity index is 1.38. The smallest absolute Gasteiger partial charge is 0.326 e.